The van der Waals surface area contributed by atoms with E-state index in [2.05, 4.69) is 26.1 Å². The van der Waals surface area contributed by atoms with Crippen molar-refractivity contribution in [3.8, 4) is 0 Å². The van der Waals surface area contributed by atoms with Gasteiger partial charge in [-0.15, -0.1) is 0 Å². The van der Waals surface area contributed by atoms with Crippen LogP contribution in [0.25, 0.3) is 0 Å². The maximum atomic E-state index is 11.5. The van der Waals surface area contributed by atoms with Crippen LogP contribution in [-0.4, -0.2) is 27.8 Å². The Morgan fingerprint density at radius 3 is 2.69 bits per heavy atom. The Kier molecular flexibility index (Phi) is 4.39. The molecule has 0 aromatic rings. The van der Waals surface area contributed by atoms with Crippen molar-refractivity contribution in [2.45, 2.75) is 45.7 Å². The second-order valence-electron chi connectivity index (χ2n) is 4.04. The van der Waals surface area contributed by atoms with Gasteiger partial charge in [-0.3, -0.25) is 4.21 Å². The first kappa shape index (κ1) is 11.2. The van der Waals surface area contributed by atoms with Crippen LogP contribution in [0.3, 0.4) is 0 Å². The molecule has 1 fully saturated rings. The predicted octanol–water partition coefficient (Wildman–Crippen LogP) is 1.53. The van der Waals surface area contributed by atoms with Crippen molar-refractivity contribution in [1.29, 1.82) is 0 Å². The van der Waals surface area contributed by atoms with Crippen LogP contribution in [-0.2, 0) is 10.8 Å². The summed E-state index contributed by atoms with van der Waals surface area (Å²) in [5, 5.41) is 3.59. The molecule has 1 heterocycles. The van der Waals surface area contributed by atoms with E-state index in [-0.39, 0.29) is 0 Å². The molecule has 0 spiro atoms. The van der Waals surface area contributed by atoms with Crippen LogP contribution in [0, 0.1) is 5.92 Å². The van der Waals surface area contributed by atoms with Gasteiger partial charge in [-0.25, -0.2) is 0 Å². The molecule has 4 atom stereocenters. The fourth-order valence-corrected chi connectivity index (χ4v) is 3.48. The predicted molar refractivity (Wildman–Crippen MR) is 58.3 cm³/mol. The summed E-state index contributed by atoms with van der Waals surface area (Å²) in [6.07, 6.45) is 2.27. The maximum absolute atomic E-state index is 11.5. The van der Waals surface area contributed by atoms with E-state index in [1.165, 1.54) is 6.42 Å². The van der Waals surface area contributed by atoms with E-state index < -0.39 is 10.8 Å². The minimum absolute atomic E-state index is 0.476. The largest absolute Gasteiger partial charge is 0.309 e. The molecule has 13 heavy (non-hydrogen) atoms. The Hall–Kier alpha value is 0.110. The van der Waals surface area contributed by atoms with Gasteiger partial charge in [-0.05, 0) is 12.3 Å². The van der Waals surface area contributed by atoms with Gasteiger partial charge in [0.2, 0.25) is 0 Å². The Morgan fingerprint density at radius 2 is 2.15 bits per heavy atom. The number of rotatable bonds is 3. The Bertz CT molecular complexity index is 184. The fraction of sp³-hybridized carbons (Fsp3) is 1.00. The van der Waals surface area contributed by atoms with Crippen molar-refractivity contribution in [1.82, 2.24) is 5.32 Å². The first-order valence-electron chi connectivity index (χ1n) is 5.28. The van der Waals surface area contributed by atoms with Gasteiger partial charge in [0.25, 0.3) is 0 Å². The molecule has 78 valence electrons. The lowest BCUT2D eigenvalue weighted by Gasteiger charge is -2.33. The summed E-state index contributed by atoms with van der Waals surface area (Å²) in [5.74, 6) is 2.35. The Morgan fingerprint density at radius 1 is 1.46 bits per heavy atom. The average molecular weight is 203 g/mol. The second-order valence-corrected chi connectivity index (χ2v) is 5.58. The van der Waals surface area contributed by atoms with Crippen molar-refractivity contribution in [2.75, 3.05) is 11.5 Å². The molecule has 3 heteroatoms. The highest BCUT2D eigenvalue weighted by atomic mass is 32.2. The van der Waals surface area contributed by atoms with Gasteiger partial charge in [0, 0.05) is 34.4 Å². The van der Waals surface area contributed by atoms with Crippen LogP contribution >= 0.6 is 0 Å². The summed E-state index contributed by atoms with van der Waals surface area (Å²) in [5.41, 5.74) is 0. The molecule has 4 unspecified atom stereocenters. The highest BCUT2D eigenvalue weighted by Gasteiger charge is 2.27. The van der Waals surface area contributed by atoms with Crippen LogP contribution in [0.4, 0.5) is 0 Å². The first-order chi connectivity index (χ1) is 6.17. The quantitative estimate of drug-likeness (QED) is 0.754. The molecule has 0 saturated carbocycles. The Balaban J connectivity index is 2.51. The highest BCUT2D eigenvalue weighted by molar-refractivity contribution is 7.85. The van der Waals surface area contributed by atoms with E-state index in [0.29, 0.717) is 18.0 Å². The molecule has 1 aliphatic heterocycles. The zero-order valence-corrected chi connectivity index (χ0v) is 9.69. The van der Waals surface area contributed by atoms with Crippen LogP contribution in [0.2, 0.25) is 0 Å². The lowest BCUT2D eigenvalue weighted by molar-refractivity contribution is 0.346. The average Bonchev–Trinajstić information content (AvgIpc) is 2.15. The van der Waals surface area contributed by atoms with Crippen molar-refractivity contribution < 1.29 is 4.21 Å². The van der Waals surface area contributed by atoms with Crippen molar-refractivity contribution in [3.05, 3.63) is 0 Å². The summed E-state index contributed by atoms with van der Waals surface area (Å²) in [6.45, 7) is 6.60. The molecule has 0 radical (unpaired) electrons. The minimum Gasteiger partial charge on any atom is -0.309 e. The maximum Gasteiger partial charge on any atom is 0.0392 e. The second kappa shape index (κ2) is 5.11. The molecule has 1 rings (SSSR count). The van der Waals surface area contributed by atoms with Gasteiger partial charge in [-0.2, -0.15) is 0 Å². The fourth-order valence-electron chi connectivity index (χ4n) is 1.74. The molecule has 0 aliphatic carbocycles. The van der Waals surface area contributed by atoms with Crippen LogP contribution in [0.15, 0.2) is 0 Å². The minimum atomic E-state index is -0.585. The first-order valence-corrected chi connectivity index (χ1v) is 6.77. The molecule has 0 aromatic carbocycles. The third-order valence-electron chi connectivity index (χ3n) is 3.03. The molecule has 1 aliphatic rings. The molecule has 0 bridgehead atoms. The third-order valence-corrected chi connectivity index (χ3v) is 4.53. The highest BCUT2D eigenvalue weighted by Crippen LogP contribution is 2.15. The molecule has 0 aromatic heterocycles. The normalized spacial score (nSPS) is 37.3. The zero-order valence-electron chi connectivity index (χ0n) is 8.88. The van der Waals surface area contributed by atoms with Gasteiger partial charge in [0.15, 0.2) is 0 Å². The SMILES string of the molecule is CCC1CS(=O)CC(C(C)CC)N1. The lowest BCUT2D eigenvalue weighted by Crippen LogP contribution is -2.52. The number of hydrogen-bond acceptors (Lipinski definition) is 2. The van der Waals surface area contributed by atoms with E-state index in [4.69, 9.17) is 0 Å². The summed E-state index contributed by atoms with van der Waals surface area (Å²) < 4.78 is 11.5. The standard InChI is InChI=1S/C10H21NOS/c1-4-8(3)10-7-13(12)6-9(5-2)11-10/h8-11H,4-7H2,1-3H3. The van der Waals surface area contributed by atoms with Crippen LogP contribution in [0.5, 0.6) is 0 Å². The zero-order chi connectivity index (χ0) is 9.84. The van der Waals surface area contributed by atoms with Crippen molar-refractivity contribution in [3.63, 3.8) is 0 Å². The summed E-state index contributed by atoms with van der Waals surface area (Å²) in [7, 11) is -0.585. The van der Waals surface area contributed by atoms with Gasteiger partial charge in [0.1, 0.15) is 0 Å². The van der Waals surface area contributed by atoms with Crippen molar-refractivity contribution >= 4 is 10.8 Å². The van der Waals surface area contributed by atoms with Gasteiger partial charge >= 0.3 is 0 Å². The summed E-state index contributed by atoms with van der Waals surface area (Å²) in [4.78, 5) is 0. The molecule has 2 nitrogen and oxygen atoms in total. The van der Waals surface area contributed by atoms with E-state index in [1.54, 1.807) is 0 Å². The topological polar surface area (TPSA) is 29.1 Å². The third kappa shape index (κ3) is 3.06. The lowest BCUT2D eigenvalue weighted by atomic mass is 9.99. The van der Waals surface area contributed by atoms with Gasteiger partial charge in [-0.1, -0.05) is 27.2 Å². The molecule has 1 saturated heterocycles. The summed E-state index contributed by atoms with van der Waals surface area (Å²) in [6, 6.07) is 0.957. The van der Waals surface area contributed by atoms with E-state index in [1.807, 2.05) is 0 Å². The van der Waals surface area contributed by atoms with Gasteiger partial charge in [0.05, 0.1) is 0 Å². The molecule has 0 amide bonds. The number of hydrogen-bond donors (Lipinski definition) is 1. The van der Waals surface area contributed by atoms with E-state index in [9.17, 15) is 4.21 Å². The number of nitrogens with one attached hydrogen (secondary N) is 1. The monoisotopic (exact) mass is 203 g/mol. The van der Waals surface area contributed by atoms with Crippen LogP contribution in [0.1, 0.15) is 33.6 Å². The van der Waals surface area contributed by atoms with E-state index >= 15 is 0 Å². The summed E-state index contributed by atoms with van der Waals surface area (Å²) >= 11 is 0. The molecule has 1 N–H and O–H groups in total. The smallest absolute Gasteiger partial charge is 0.0392 e. The molecular formula is C10H21NOS. The van der Waals surface area contributed by atoms with Crippen LogP contribution < -0.4 is 5.32 Å². The Labute approximate surface area is 83.9 Å². The van der Waals surface area contributed by atoms with E-state index in [0.717, 1.165) is 17.9 Å². The van der Waals surface area contributed by atoms with Gasteiger partial charge < -0.3 is 5.32 Å². The molecular weight excluding hydrogens is 182 g/mol. The van der Waals surface area contributed by atoms with Crippen molar-refractivity contribution in [2.24, 2.45) is 5.92 Å².